The highest BCUT2D eigenvalue weighted by molar-refractivity contribution is 6.08. The molecule has 1 amide bonds. The van der Waals surface area contributed by atoms with Crippen LogP contribution in [-0.2, 0) is 23.9 Å². The lowest BCUT2D eigenvalue weighted by Gasteiger charge is -2.54. The van der Waals surface area contributed by atoms with Gasteiger partial charge in [-0.2, -0.15) is 5.10 Å². The van der Waals surface area contributed by atoms with Gasteiger partial charge in [0.25, 0.3) is 5.91 Å². The molecule has 1 saturated heterocycles. The summed E-state index contributed by atoms with van der Waals surface area (Å²) in [4.78, 5) is 17.8. The summed E-state index contributed by atoms with van der Waals surface area (Å²) in [5.74, 6) is -0.414. The Morgan fingerprint density at radius 2 is 1.94 bits per heavy atom. The van der Waals surface area contributed by atoms with E-state index in [1.165, 1.54) is 6.07 Å². The molecule has 3 atom stereocenters. The minimum atomic E-state index is -0.905. The van der Waals surface area contributed by atoms with E-state index in [1.54, 1.807) is 21.8 Å². The third kappa shape index (κ3) is 3.13. The van der Waals surface area contributed by atoms with Crippen LogP contribution >= 0.6 is 0 Å². The maximum Gasteiger partial charge on any atom is 0.252 e. The van der Waals surface area contributed by atoms with Gasteiger partial charge in [-0.05, 0) is 37.0 Å². The largest absolute Gasteiger partial charge is 0.306 e. The Hall–Kier alpha value is -3.06. The maximum atomic E-state index is 15.2. The smallest absolute Gasteiger partial charge is 0.252 e. The number of carbonyl (C=O) groups excluding carboxylic acids is 1. The number of hydrogen-bond donors (Lipinski definition) is 0. The van der Waals surface area contributed by atoms with E-state index in [0.717, 1.165) is 41.6 Å². The number of rotatable bonds is 4. The molecule has 176 valence electrons. The van der Waals surface area contributed by atoms with Gasteiger partial charge >= 0.3 is 0 Å². The first-order valence-corrected chi connectivity index (χ1v) is 12.1. The number of aromatic nitrogens is 2. The van der Waals surface area contributed by atoms with E-state index in [-0.39, 0.29) is 24.3 Å². The Morgan fingerprint density at radius 1 is 1.12 bits per heavy atom. The SMILES string of the molecule is Cn1cc(-c2ccc(CN3C(=O)C4(CCN4C4CCCCC4F)c4ccccc43)c(F)c2)cn1. The van der Waals surface area contributed by atoms with Gasteiger partial charge in [0.05, 0.1) is 12.7 Å². The molecule has 0 N–H and O–H groups in total. The summed E-state index contributed by atoms with van der Waals surface area (Å²) < 4.78 is 31.8. The summed E-state index contributed by atoms with van der Waals surface area (Å²) in [6, 6.07) is 12.6. The predicted molar refractivity (Wildman–Crippen MR) is 126 cm³/mol. The van der Waals surface area contributed by atoms with Crippen LogP contribution in [0.25, 0.3) is 11.1 Å². The summed E-state index contributed by atoms with van der Waals surface area (Å²) in [5, 5.41) is 4.16. The van der Waals surface area contributed by atoms with Gasteiger partial charge in [-0.15, -0.1) is 0 Å². The van der Waals surface area contributed by atoms with Gasteiger partial charge in [0.2, 0.25) is 0 Å². The molecule has 1 aliphatic carbocycles. The fourth-order valence-electron chi connectivity index (χ4n) is 6.11. The van der Waals surface area contributed by atoms with Crippen molar-refractivity contribution in [1.82, 2.24) is 14.7 Å². The van der Waals surface area contributed by atoms with Crippen LogP contribution in [0.5, 0.6) is 0 Å². The van der Waals surface area contributed by atoms with Crippen molar-refractivity contribution in [3.8, 4) is 11.1 Å². The quantitative estimate of drug-likeness (QED) is 0.551. The number of aryl methyl sites for hydroxylation is 1. The molecule has 6 rings (SSSR count). The molecule has 1 saturated carbocycles. The number of halogens is 2. The monoisotopic (exact) mass is 462 g/mol. The maximum absolute atomic E-state index is 15.2. The molecule has 7 heteroatoms. The number of benzene rings is 2. The third-order valence-corrected chi connectivity index (χ3v) is 7.91. The van der Waals surface area contributed by atoms with Crippen LogP contribution in [-0.4, -0.2) is 39.3 Å². The van der Waals surface area contributed by atoms with Crippen molar-refractivity contribution < 1.29 is 13.6 Å². The minimum absolute atomic E-state index is 0.0616. The molecule has 2 aromatic carbocycles. The average Bonchev–Trinajstić information content (AvgIpc) is 3.36. The van der Waals surface area contributed by atoms with Crippen LogP contribution in [0.4, 0.5) is 14.5 Å². The number of alkyl halides is 1. The molecule has 0 radical (unpaired) electrons. The van der Waals surface area contributed by atoms with Crippen LogP contribution in [0.3, 0.4) is 0 Å². The highest BCUT2D eigenvalue weighted by atomic mass is 19.1. The van der Waals surface area contributed by atoms with Gasteiger partial charge in [0, 0.05) is 48.2 Å². The van der Waals surface area contributed by atoms with Gasteiger partial charge in [-0.1, -0.05) is 43.2 Å². The normalized spacial score (nSPS) is 26.7. The standard InChI is InChI=1S/C27H28F2N4O/c1-31-16-20(15-30-31)18-10-11-19(23(29)14-18)17-32-24-8-4-2-6-21(24)27(26(32)34)12-13-33(27)25-9-5-3-7-22(25)28/h2,4,6,8,10-11,14-16,22,25H,3,5,7,9,12-13,17H2,1H3. The fourth-order valence-corrected chi connectivity index (χ4v) is 6.11. The molecule has 1 spiro atoms. The zero-order valence-corrected chi connectivity index (χ0v) is 19.3. The van der Waals surface area contributed by atoms with Crippen LogP contribution in [0.2, 0.25) is 0 Å². The van der Waals surface area contributed by atoms with Gasteiger partial charge in [0.1, 0.15) is 17.5 Å². The molecular formula is C27H28F2N4O. The lowest BCUT2D eigenvalue weighted by Crippen LogP contribution is -2.67. The second-order valence-corrected chi connectivity index (χ2v) is 9.79. The highest BCUT2D eigenvalue weighted by Gasteiger charge is 2.61. The molecule has 3 unspecified atom stereocenters. The number of carbonyl (C=O) groups is 1. The van der Waals surface area contributed by atoms with Gasteiger partial charge < -0.3 is 4.90 Å². The first-order valence-electron chi connectivity index (χ1n) is 12.1. The van der Waals surface area contributed by atoms with Crippen molar-refractivity contribution >= 4 is 11.6 Å². The number of amides is 1. The average molecular weight is 463 g/mol. The summed E-state index contributed by atoms with van der Waals surface area (Å²) >= 11 is 0. The summed E-state index contributed by atoms with van der Waals surface area (Å²) in [6.45, 7) is 0.863. The van der Waals surface area contributed by atoms with Crippen LogP contribution in [0.15, 0.2) is 54.9 Å². The summed E-state index contributed by atoms with van der Waals surface area (Å²) in [6.07, 6.45) is 6.55. The van der Waals surface area contributed by atoms with Crippen molar-refractivity contribution in [1.29, 1.82) is 0 Å². The summed E-state index contributed by atoms with van der Waals surface area (Å²) in [5.41, 5.74) is 2.95. The first kappa shape index (κ1) is 21.5. The molecule has 3 heterocycles. The number of fused-ring (bicyclic) bond motifs is 2. The van der Waals surface area contributed by atoms with E-state index < -0.39 is 11.7 Å². The molecule has 34 heavy (non-hydrogen) atoms. The van der Waals surface area contributed by atoms with Gasteiger partial charge in [-0.25, -0.2) is 8.78 Å². The molecule has 1 aromatic heterocycles. The topological polar surface area (TPSA) is 41.4 Å². The number of para-hydroxylation sites is 1. The number of likely N-dealkylation sites (tertiary alicyclic amines) is 1. The predicted octanol–water partition coefficient (Wildman–Crippen LogP) is 4.95. The van der Waals surface area contributed by atoms with Crippen LogP contribution in [0.1, 0.15) is 43.2 Å². The van der Waals surface area contributed by atoms with E-state index in [4.69, 9.17) is 0 Å². The summed E-state index contributed by atoms with van der Waals surface area (Å²) in [7, 11) is 1.82. The van der Waals surface area contributed by atoms with Crippen LogP contribution in [0, 0.1) is 5.82 Å². The molecule has 3 aromatic rings. The van der Waals surface area contributed by atoms with E-state index in [2.05, 4.69) is 10.00 Å². The molecular weight excluding hydrogens is 434 g/mol. The second kappa shape index (κ2) is 8.01. The Bertz CT molecular complexity index is 1260. The van der Waals surface area contributed by atoms with E-state index in [0.29, 0.717) is 24.9 Å². The van der Waals surface area contributed by atoms with E-state index in [1.807, 2.05) is 43.6 Å². The van der Waals surface area contributed by atoms with Crippen molar-refractivity contribution in [2.75, 3.05) is 11.4 Å². The van der Waals surface area contributed by atoms with Crippen molar-refractivity contribution in [2.24, 2.45) is 7.05 Å². The molecule has 3 aliphatic rings. The second-order valence-electron chi connectivity index (χ2n) is 9.79. The van der Waals surface area contributed by atoms with E-state index >= 15 is 4.39 Å². The van der Waals surface area contributed by atoms with Crippen molar-refractivity contribution in [2.45, 2.75) is 56.4 Å². The molecule has 2 aliphatic heterocycles. The number of nitrogens with zero attached hydrogens (tertiary/aromatic N) is 4. The zero-order chi connectivity index (χ0) is 23.4. The van der Waals surface area contributed by atoms with Crippen molar-refractivity contribution in [3.63, 3.8) is 0 Å². The van der Waals surface area contributed by atoms with Crippen molar-refractivity contribution in [3.05, 3.63) is 71.8 Å². The molecule has 5 nitrogen and oxygen atoms in total. The fraction of sp³-hybridized carbons (Fsp3) is 0.407. The lowest BCUT2D eigenvalue weighted by molar-refractivity contribution is -0.148. The van der Waals surface area contributed by atoms with E-state index in [9.17, 15) is 9.18 Å². The van der Waals surface area contributed by atoms with Gasteiger partial charge in [-0.3, -0.25) is 14.4 Å². The van der Waals surface area contributed by atoms with Gasteiger partial charge in [0.15, 0.2) is 0 Å². The molecule has 2 fully saturated rings. The Kier molecular flexibility index (Phi) is 5.06. The molecule has 0 bridgehead atoms. The number of anilines is 1. The third-order valence-electron chi connectivity index (χ3n) is 7.91. The Balaban J connectivity index is 1.32. The zero-order valence-electron chi connectivity index (χ0n) is 19.3. The Labute approximate surface area is 198 Å². The lowest BCUT2D eigenvalue weighted by atomic mass is 9.75. The first-order chi connectivity index (χ1) is 16.5. The number of hydrogen-bond acceptors (Lipinski definition) is 3. The Morgan fingerprint density at radius 3 is 2.65 bits per heavy atom. The minimum Gasteiger partial charge on any atom is -0.306 e. The van der Waals surface area contributed by atoms with Crippen LogP contribution < -0.4 is 4.90 Å². The highest BCUT2D eigenvalue weighted by Crippen LogP contribution is 2.54.